The van der Waals surface area contributed by atoms with Gasteiger partial charge in [-0.05, 0) is 67.6 Å². The summed E-state index contributed by atoms with van der Waals surface area (Å²) in [6.45, 7) is 0.526. The third-order valence-electron chi connectivity index (χ3n) is 7.46. The van der Waals surface area contributed by atoms with Crippen LogP contribution in [0.5, 0.6) is 0 Å². The summed E-state index contributed by atoms with van der Waals surface area (Å²) < 4.78 is 6.36. The van der Waals surface area contributed by atoms with Crippen LogP contribution in [0.1, 0.15) is 49.0 Å². The molecule has 4 atom stereocenters. The van der Waals surface area contributed by atoms with Gasteiger partial charge in [-0.25, -0.2) is 0 Å². The molecule has 3 aliphatic rings. The first kappa shape index (κ1) is 24.3. The molecule has 1 saturated heterocycles. The quantitative estimate of drug-likeness (QED) is 0.298. The second-order valence-corrected chi connectivity index (χ2v) is 11.5. The van der Waals surface area contributed by atoms with Crippen LogP contribution in [0.25, 0.3) is 6.08 Å². The zero-order valence-electron chi connectivity index (χ0n) is 19.7. The smallest absolute Gasteiger partial charge is 0.266 e. The molecule has 5 rings (SSSR count). The van der Waals surface area contributed by atoms with Crippen LogP contribution in [0, 0.1) is 11.8 Å². The molecule has 184 valence electrons. The van der Waals surface area contributed by atoms with E-state index in [4.69, 9.17) is 22.4 Å². The molecule has 35 heavy (non-hydrogen) atoms. The molecule has 3 unspecified atom stereocenters. The molecule has 8 heteroatoms. The summed E-state index contributed by atoms with van der Waals surface area (Å²) in [7, 11) is 0. The van der Waals surface area contributed by atoms with Crippen LogP contribution in [-0.2, 0) is 22.4 Å². The SMILES string of the molecule is N[C@@H](Cc1ccccc1)C(=O)NCCCc1ccoc1/C=C1\SC(=S)N(C2CC3CCC2C3)C1=O. The molecule has 6 nitrogen and oxygen atoms in total. The number of carbonyl (C=O) groups is 2. The van der Waals surface area contributed by atoms with Crippen molar-refractivity contribution in [3.8, 4) is 0 Å². The van der Waals surface area contributed by atoms with E-state index in [1.807, 2.05) is 47.4 Å². The van der Waals surface area contributed by atoms with Crippen molar-refractivity contribution in [2.24, 2.45) is 17.6 Å². The summed E-state index contributed by atoms with van der Waals surface area (Å²) in [5.41, 5.74) is 8.12. The predicted octanol–water partition coefficient (Wildman–Crippen LogP) is 4.29. The summed E-state index contributed by atoms with van der Waals surface area (Å²) in [6, 6.07) is 11.4. The molecule has 0 radical (unpaired) electrons. The summed E-state index contributed by atoms with van der Waals surface area (Å²) >= 11 is 6.97. The van der Waals surface area contributed by atoms with E-state index < -0.39 is 6.04 Å². The number of fused-ring (bicyclic) bond motifs is 2. The molecule has 1 aliphatic heterocycles. The van der Waals surface area contributed by atoms with E-state index in [2.05, 4.69) is 5.32 Å². The fraction of sp³-hybridized carbons (Fsp3) is 0.444. The van der Waals surface area contributed by atoms with E-state index in [-0.39, 0.29) is 17.9 Å². The Bertz CT molecular complexity index is 1130. The second kappa shape index (κ2) is 10.7. The van der Waals surface area contributed by atoms with Crippen LogP contribution < -0.4 is 11.1 Å². The molecule has 2 heterocycles. The van der Waals surface area contributed by atoms with E-state index in [1.165, 1.54) is 31.0 Å². The number of furan rings is 1. The molecule has 1 aromatic heterocycles. The highest BCUT2D eigenvalue weighted by molar-refractivity contribution is 8.26. The fourth-order valence-corrected chi connectivity index (χ4v) is 7.02. The number of hydrogen-bond donors (Lipinski definition) is 2. The van der Waals surface area contributed by atoms with Crippen LogP contribution in [-0.4, -0.2) is 39.7 Å². The number of rotatable bonds is 9. The first-order valence-corrected chi connectivity index (χ1v) is 13.6. The van der Waals surface area contributed by atoms with Crippen molar-refractivity contribution >= 4 is 46.2 Å². The minimum Gasteiger partial charge on any atom is -0.465 e. The van der Waals surface area contributed by atoms with E-state index in [0.717, 1.165) is 36.3 Å². The van der Waals surface area contributed by atoms with E-state index in [0.29, 0.717) is 33.9 Å². The molecule has 1 aromatic carbocycles. The van der Waals surface area contributed by atoms with Crippen molar-refractivity contribution in [1.29, 1.82) is 0 Å². The van der Waals surface area contributed by atoms with Crippen LogP contribution in [0.4, 0.5) is 0 Å². The first-order chi connectivity index (χ1) is 17.0. The number of aryl methyl sites for hydroxylation is 1. The van der Waals surface area contributed by atoms with Crippen LogP contribution in [0.2, 0.25) is 0 Å². The number of carbonyl (C=O) groups excluding carboxylic acids is 2. The monoisotopic (exact) mass is 509 g/mol. The molecule has 3 N–H and O–H groups in total. The van der Waals surface area contributed by atoms with Gasteiger partial charge in [-0.1, -0.05) is 60.7 Å². The number of thioether (sulfide) groups is 1. The van der Waals surface area contributed by atoms with Gasteiger partial charge in [-0.2, -0.15) is 0 Å². The Kier molecular flexibility index (Phi) is 7.41. The Morgan fingerprint density at radius 1 is 1.26 bits per heavy atom. The summed E-state index contributed by atoms with van der Waals surface area (Å²) in [5, 5.41) is 2.93. The van der Waals surface area contributed by atoms with Gasteiger partial charge >= 0.3 is 0 Å². The molecule has 2 saturated carbocycles. The van der Waals surface area contributed by atoms with Gasteiger partial charge in [0.1, 0.15) is 10.1 Å². The summed E-state index contributed by atoms with van der Waals surface area (Å²) in [6.07, 6.45) is 10.3. The van der Waals surface area contributed by atoms with Gasteiger partial charge in [0.25, 0.3) is 5.91 Å². The Labute approximate surface area is 215 Å². The average Bonchev–Trinajstić information content (AvgIpc) is 3.63. The highest BCUT2D eigenvalue weighted by atomic mass is 32.2. The predicted molar refractivity (Wildman–Crippen MR) is 142 cm³/mol. The van der Waals surface area contributed by atoms with Crippen molar-refractivity contribution in [1.82, 2.24) is 10.2 Å². The third-order valence-corrected chi connectivity index (χ3v) is 8.79. The highest BCUT2D eigenvalue weighted by Crippen LogP contribution is 2.49. The van der Waals surface area contributed by atoms with E-state index in [9.17, 15) is 9.59 Å². The zero-order valence-corrected chi connectivity index (χ0v) is 21.3. The molecule has 2 aliphatic carbocycles. The van der Waals surface area contributed by atoms with Crippen LogP contribution >= 0.6 is 24.0 Å². The summed E-state index contributed by atoms with van der Waals surface area (Å²) in [5.74, 6) is 1.90. The van der Waals surface area contributed by atoms with Crippen molar-refractivity contribution < 1.29 is 14.0 Å². The molecule has 2 aromatic rings. The third kappa shape index (κ3) is 5.39. The number of nitrogens with two attached hydrogens (primary N) is 1. The molecular weight excluding hydrogens is 478 g/mol. The van der Waals surface area contributed by atoms with Gasteiger partial charge in [-0.3, -0.25) is 14.5 Å². The van der Waals surface area contributed by atoms with Gasteiger partial charge in [0, 0.05) is 18.7 Å². The topological polar surface area (TPSA) is 88.6 Å². The second-order valence-electron chi connectivity index (χ2n) is 9.79. The lowest BCUT2D eigenvalue weighted by atomic mass is 9.94. The van der Waals surface area contributed by atoms with Crippen molar-refractivity contribution in [2.45, 2.75) is 57.0 Å². The minimum atomic E-state index is -0.570. The van der Waals surface area contributed by atoms with Crippen LogP contribution in [0.3, 0.4) is 0 Å². The Morgan fingerprint density at radius 3 is 2.83 bits per heavy atom. The lowest BCUT2D eigenvalue weighted by Gasteiger charge is -2.30. The minimum absolute atomic E-state index is 0.0135. The lowest BCUT2D eigenvalue weighted by Crippen LogP contribution is -2.42. The number of nitrogens with one attached hydrogen (secondary N) is 1. The number of nitrogens with zero attached hydrogens (tertiary/aromatic N) is 1. The molecule has 2 bridgehead atoms. The standard InChI is InChI=1S/C27H31N3O3S2/c28-21(14-17-5-2-1-3-6-17)25(31)29-11-4-7-19-10-12-33-23(19)16-24-26(32)30(27(34)35-24)22-15-18-8-9-20(22)13-18/h1-3,5-6,10,12,16,18,20-22H,4,7-9,11,13-15,28H2,(H,29,31)/b24-16-/t18?,20?,21-,22?/m0/s1. The summed E-state index contributed by atoms with van der Waals surface area (Å²) in [4.78, 5) is 28.0. The van der Waals surface area contributed by atoms with Gasteiger partial charge in [-0.15, -0.1) is 0 Å². The zero-order chi connectivity index (χ0) is 24.4. The van der Waals surface area contributed by atoms with Gasteiger partial charge in [0.2, 0.25) is 5.91 Å². The number of benzene rings is 1. The maximum atomic E-state index is 13.2. The Hall–Kier alpha value is -2.42. The lowest BCUT2D eigenvalue weighted by molar-refractivity contribution is -0.124. The number of amides is 2. The Balaban J connectivity index is 1.13. The van der Waals surface area contributed by atoms with E-state index in [1.54, 1.807) is 6.26 Å². The first-order valence-electron chi connectivity index (χ1n) is 12.4. The van der Waals surface area contributed by atoms with Gasteiger partial charge < -0.3 is 15.5 Å². The van der Waals surface area contributed by atoms with Crippen molar-refractivity contribution in [2.75, 3.05) is 6.54 Å². The molecule has 3 fully saturated rings. The fourth-order valence-electron chi connectivity index (χ4n) is 5.67. The Morgan fingerprint density at radius 2 is 2.09 bits per heavy atom. The van der Waals surface area contributed by atoms with Crippen molar-refractivity contribution in [3.05, 3.63) is 64.5 Å². The average molecular weight is 510 g/mol. The maximum Gasteiger partial charge on any atom is 0.266 e. The molecular formula is C27H31N3O3S2. The van der Waals surface area contributed by atoms with Crippen molar-refractivity contribution in [3.63, 3.8) is 0 Å². The van der Waals surface area contributed by atoms with E-state index >= 15 is 0 Å². The van der Waals surface area contributed by atoms with Gasteiger partial charge in [0.05, 0.1) is 17.2 Å². The maximum absolute atomic E-state index is 13.2. The molecule has 0 spiro atoms. The normalized spacial score (nSPS) is 25.6. The number of thiocarbonyl (C=S) groups is 1. The highest BCUT2D eigenvalue weighted by Gasteiger charge is 2.48. The van der Waals surface area contributed by atoms with Gasteiger partial charge in [0.15, 0.2) is 0 Å². The number of hydrogen-bond acceptors (Lipinski definition) is 6. The largest absolute Gasteiger partial charge is 0.465 e. The molecule has 2 amide bonds. The van der Waals surface area contributed by atoms with Crippen LogP contribution in [0.15, 0.2) is 52.0 Å².